The third-order valence-electron chi connectivity index (χ3n) is 3.57. The molecule has 106 valence electrons. The van der Waals surface area contributed by atoms with Crippen molar-refractivity contribution in [1.29, 1.82) is 0 Å². The van der Waals surface area contributed by atoms with Gasteiger partial charge < -0.3 is 5.32 Å². The van der Waals surface area contributed by atoms with Crippen molar-refractivity contribution < 1.29 is 4.39 Å². The van der Waals surface area contributed by atoms with Gasteiger partial charge in [0.1, 0.15) is 5.82 Å². The van der Waals surface area contributed by atoms with Crippen molar-refractivity contribution in [3.05, 3.63) is 71.0 Å². The highest BCUT2D eigenvalue weighted by Crippen LogP contribution is 2.15. The average molecular weight is 271 g/mol. The van der Waals surface area contributed by atoms with Crippen LogP contribution in [0, 0.1) is 12.7 Å². The number of halogens is 1. The van der Waals surface area contributed by atoms with E-state index < -0.39 is 0 Å². The van der Waals surface area contributed by atoms with Gasteiger partial charge in [0.15, 0.2) is 0 Å². The van der Waals surface area contributed by atoms with Crippen LogP contribution < -0.4 is 5.32 Å². The maximum absolute atomic E-state index is 12.9. The Morgan fingerprint density at radius 1 is 0.950 bits per heavy atom. The lowest BCUT2D eigenvalue weighted by Crippen LogP contribution is -2.30. The van der Waals surface area contributed by atoms with Gasteiger partial charge in [0, 0.05) is 12.1 Å². The minimum atomic E-state index is -0.178. The Morgan fingerprint density at radius 3 is 2.15 bits per heavy atom. The molecule has 1 nitrogen and oxygen atoms in total. The van der Waals surface area contributed by atoms with Crippen LogP contribution in [0.15, 0.2) is 48.5 Å². The van der Waals surface area contributed by atoms with Gasteiger partial charge >= 0.3 is 0 Å². The number of aryl methyl sites for hydroxylation is 1. The third kappa shape index (κ3) is 4.17. The lowest BCUT2D eigenvalue weighted by Gasteiger charge is -2.20. The van der Waals surface area contributed by atoms with E-state index >= 15 is 0 Å². The second-order valence-corrected chi connectivity index (χ2v) is 5.53. The van der Waals surface area contributed by atoms with Crippen molar-refractivity contribution in [2.45, 2.75) is 39.3 Å². The first kappa shape index (κ1) is 14.7. The predicted molar refractivity (Wildman–Crippen MR) is 82.3 cm³/mol. The molecule has 2 aromatic rings. The van der Waals surface area contributed by atoms with E-state index in [9.17, 15) is 4.39 Å². The number of nitrogens with one attached hydrogen (secondary N) is 1. The van der Waals surface area contributed by atoms with Crippen molar-refractivity contribution in [2.24, 2.45) is 0 Å². The van der Waals surface area contributed by atoms with Crippen LogP contribution >= 0.6 is 0 Å². The van der Waals surface area contributed by atoms with Crippen LogP contribution in [-0.4, -0.2) is 6.04 Å². The van der Waals surface area contributed by atoms with Crippen molar-refractivity contribution in [3.8, 4) is 0 Å². The fourth-order valence-corrected chi connectivity index (χ4v) is 2.41. The van der Waals surface area contributed by atoms with E-state index in [0.717, 1.165) is 12.0 Å². The van der Waals surface area contributed by atoms with Gasteiger partial charge in [-0.15, -0.1) is 0 Å². The Kier molecular flexibility index (Phi) is 4.91. The van der Waals surface area contributed by atoms with E-state index in [-0.39, 0.29) is 5.82 Å². The highest BCUT2D eigenvalue weighted by molar-refractivity contribution is 5.24. The molecule has 0 bridgehead atoms. The van der Waals surface area contributed by atoms with Crippen LogP contribution in [0.25, 0.3) is 0 Å². The minimum Gasteiger partial charge on any atom is -0.307 e. The third-order valence-corrected chi connectivity index (χ3v) is 3.57. The molecule has 0 aromatic heterocycles. The van der Waals surface area contributed by atoms with E-state index in [0.29, 0.717) is 12.1 Å². The number of hydrogen-bond donors (Lipinski definition) is 1. The first-order valence-electron chi connectivity index (χ1n) is 7.11. The summed E-state index contributed by atoms with van der Waals surface area (Å²) < 4.78 is 12.9. The standard InChI is InChI=1S/C18H22FN/c1-13-4-8-17(9-5-13)15(3)20-14(2)12-16-6-10-18(19)11-7-16/h4-11,14-15,20H,12H2,1-3H3/t14?,15-/m0/s1. The van der Waals surface area contributed by atoms with E-state index in [2.05, 4.69) is 50.4 Å². The van der Waals surface area contributed by atoms with Crippen LogP contribution in [0.2, 0.25) is 0 Å². The van der Waals surface area contributed by atoms with Gasteiger partial charge in [0.2, 0.25) is 0 Å². The largest absolute Gasteiger partial charge is 0.307 e. The predicted octanol–water partition coefficient (Wildman–Crippen LogP) is 4.42. The zero-order valence-corrected chi connectivity index (χ0v) is 12.4. The lowest BCUT2D eigenvalue weighted by atomic mass is 10.0. The molecule has 0 saturated carbocycles. The monoisotopic (exact) mass is 271 g/mol. The van der Waals surface area contributed by atoms with E-state index in [1.54, 1.807) is 0 Å². The van der Waals surface area contributed by atoms with Crippen LogP contribution in [0.5, 0.6) is 0 Å². The van der Waals surface area contributed by atoms with Gasteiger partial charge in [0.25, 0.3) is 0 Å². The van der Waals surface area contributed by atoms with Crippen molar-refractivity contribution >= 4 is 0 Å². The van der Waals surface area contributed by atoms with Gasteiger partial charge in [-0.05, 0) is 50.5 Å². The Bertz CT molecular complexity index is 530. The van der Waals surface area contributed by atoms with Gasteiger partial charge in [-0.2, -0.15) is 0 Å². The summed E-state index contributed by atoms with van der Waals surface area (Å²) in [4.78, 5) is 0. The Balaban J connectivity index is 1.92. The Hall–Kier alpha value is -1.67. The van der Waals surface area contributed by atoms with Gasteiger partial charge in [-0.3, -0.25) is 0 Å². The molecule has 2 atom stereocenters. The maximum atomic E-state index is 12.9. The molecule has 0 aliphatic heterocycles. The molecule has 0 aliphatic rings. The molecule has 0 fully saturated rings. The summed E-state index contributed by atoms with van der Waals surface area (Å²) in [7, 11) is 0. The minimum absolute atomic E-state index is 0.178. The normalized spacial score (nSPS) is 14.0. The highest BCUT2D eigenvalue weighted by atomic mass is 19.1. The van der Waals surface area contributed by atoms with Crippen molar-refractivity contribution in [1.82, 2.24) is 5.32 Å². The fourth-order valence-electron chi connectivity index (χ4n) is 2.41. The van der Waals surface area contributed by atoms with Gasteiger partial charge in [-0.25, -0.2) is 4.39 Å². The summed E-state index contributed by atoms with van der Waals surface area (Å²) in [6, 6.07) is 16.0. The summed E-state index contributed by atoms with van der Waals surface area (Å²) in [5, 5.41) is 3.58. The summed E-state index contributed by atoms with van der Waals surface area (Å²) >= 11 is 0. The second kappa shape index (κ2) is 6.67. The second-order valence-electron chi connectivity index (χ2n) is 5.53. The van der Waals surface area contributed by atoms with Crippen LogP contribution in [0.3, 0.4) is 0 Å². The zero-order valence-electron chi connectivity index (χ0n) is 12.4. The van der Waals surface area contributed by atoms with Crippen molar-refractivity contribution in [3.63, 3.8) is 0 Å². The lowest BCUT2D eigenvalue weighted by molar-refractivity contribution is 0.477. The van der Waals surface area contributed by atoms with Crippen LogP contribution in [0.4, 0.5) is 4.39 Å². The molecule has 0 spiro atoms. The summed E-state index contributed by atoms with van der Waals surface area (Å²) in [5.41, 5.74) is 3.73. The number of hydrogen-bond acceptors (Lipinski definition) is 1. The summed E-state index contributed by atoms with van der Waals surface area (Å²) in [6.07, 6.45) is 0.899. The Labute approximate surface area is 120 Å². The molecule has 2 rings (SSSR count). The molecule has 0 radical (unpaired) electrons. The summed E-state index contributed by atoms with van der Waals surface area (Å²) in [5.74, 6) is -0.178. The van der Waals surface area contributed by atoms with Crippen LogP contribution in [0.1, 0.15) is 36.6 Å². The molecule has 0 amide bonds. The summed E-state index contributed by atoms with van der Waals surface area (Å²) in [6.45, 7) is 6.43. The quantitative estimate of drug-likeness (QED) is 0.849. The first-order chi connectivity index (χ1) is 9.54. The molecule has 0 heterocycles. The first-order valence-corrected chi connectivity index (χ1v) is 7.11. The molecule has 1 N–H and O–H groups in total. The topological polar surface area (TPSA) is 12.0 Å². The number of benzene rings is 2. The Morgan fingerprint density at radius 2 is 1.55 bits per heavy atom. The molecular formula is C18H22FN. The molecule has 2 aromatic carbocycles. The van der Waals surface area contributed by atoms with E-state index in [1.807, 2.05) is 12.1 Å². The highest BCUT2D eigenvalue weighted by Gasteiger charge is 2.10. The fraction of sp³-hybridized carbons (Fsp3) is 0.333. The van der Waals surface area contributed by atoms with Gasteiger partial charge in [-0.1, -0.05) is 42.0 Å². The molecule has 2 heteroatoms. The maximum Gasteiger partial charge on any atom is 0.123 e. The zero-order chi connectivity index (χ0) is 14.5. The van der Waals surface area contributed by atoms with Gasteiger partial charge in [0.05, 0.1) is 0 Å². The van der Waals surface area contributed by atoms with Crippen molar-refractivity contribution in [2.75, 3.05) is 0 Å². The van der Waals surface area contributed by atoms with E-state index in [1.165, 1.54) is 23.3 Å². The smallest absolute Gasteiger partial charge is 0.123 e. The molecule has 0 saturated heterocycles. The number of rotatable bonds is 5. The SMILES string of the molecule is Cc1ccc([C@H](C)NC(C)Cc2ccc(F)cc2)cc1. The average Bonchev–Trinajstić information content (AvgIpc) is 2.42. The molecule has 20 heavy (non-hydrogen) atoms. The van der Waals surface area contributed by atoms with E-state index in [4.69, 9.17) is 0 Å². The van der Waals surface area contributed by atoms with Crippen LogP contribution in [-0.2, 0) is 6.42 Å². The molecule has 0 aliphatic carbocycles. The molecular weight excluding hydrogens is 249 g/mol. The molecule has 1 unspecified atom stereocenters.